The zero-order chi connectivity index (χ0) is 14.2. The molecule has 0 heterocycles. The number of hydrogen-bond donors (Lipinski definition) is 2. The van der Waals surface area contributed by atoms with Gasteiger partial charge in [0.1, 0.15) is 0 Å². The van der Waals surface area contributed by atoms with Gasteiger partial charge in [0.05, 0.1) is 0 Å². The van der Waals surface area contributed by atoms with E-state index in [1.165, 1.54) is 19.3 Å². The van der Waals surface area contributed by atoms with Gasteiger partial charge in [0, 0.05) is 17.6 Å². The molecule has 108 valence electrons. The zero-order valence-electron chi connectivity index (χ0n) is 13.6. The third-order valence-electron chi connectivity index (χ3n) is 3.13. The number of rotatable bonds is 8. The summed E-state index contributed by atoms with van der Waals surface area (Å²) in [5, 5.41) is 6.96. The van der Waals surface area contributed by atoms with Crippen molar-refractivity contribution >= 4 is 0 Å². The van der Waals surface area contributed by atoms with Crippen LogP contribution in [0.4, 0.5) is 0 Å². The highest BCUT2D eigenvalue weighted by molar-refractivity contribution is 5.04. The van der Waals surface area contributed by atoms with E-state index in [0.29, 0.717) is 12.1 Å². The Kier molecular flexibility index (Phi) is 8.54. The highest BCUT2D eigenvalue weighted by Crippen LogP contribution is 2.16. The first-order chi connectivity index (χ1) is 8.28. The van der Waals surface area contributed by atoms with Crippen LogP contribution in [0.2, 0.25) is 0 Å². The number of allylic oxidation sites excluding steroid dienone is 1. The van der Waals surface area contributed by atoms with Gasteiger partial charge in [-0.05, 0) is 67.3 Å². The predicted octanol–water partition coefficient (Wildman–Crippen LogP) is 3.88. The van der Waals surface area contributed by atoms with Gasteiger partial charge in [0.15, 0.2) is 0 Å². The van der Waals surface area contributed by atoms with Gasteiger partial charge in [0.2, 0.25) is 0 Å². The summed E-state index contributed by atoms with van der Waals surface area (Å²) in [4.78, 5) is 0. The molecular formula is C16H34N2. The van der Waals surface area contributed by atoms with Crippen LogP contribution < -0.4 is 10.6 Å². The lowest BCUT2D eigenvalue weighted by Gasteiger charge is -2.27. The van der Waals surface area contributed by atoms with Gasteiger partial charge < -0.3 is 10.6 Å². The average Bonchev–Trinajstić information content (AvgIpc) is 2.23. The van der Waals surface area contributed by atoms with Crippen molar-refractivity contribution in [1.29, 1.82) is 0 Å². The fourth-order valence-corrected chi connectivity index (χ4v) is 2.31. The van der Waals surface area contributed by atoms with E-state index in [9.17, 15) is 0 Å². The molecule has 18 heavy (non-hydrogen) atoms. The molecule has 2 N–H and O–H groups in total. The van der Waals surface area contributed by atoms with Crippen LogP contribution in [0.5, 0.6) is 0 Å². The summed E-state index contributed by atoms with van der Waals surface area (Å²) < 4.78 is 0. The second-order valence-corrected chi connectivity index (χ2v) is 6.50. The molecule has 0 aliphatic rings. The lowest BCUT2D eigenvalue weighted by Crippen LogP contribution is -2.42. The van der Waals surface area contributed by atoms with Gasteiger partial charge in [-0.25, -0.2) is 0 Å². The molecule has 0 aromatic rings. The number of nitrogens with one attached hydrogen (secondary N) is 2. The number of hydrogen-bond acceptors (Lipinski definition) is 2. The Morgan fingerprint density at radius 1 is 1.17 bits per heavy atom. The van der Waals surface area contributed by atoms with Crippen LogP contribution >= 0.6 is 0 Å². The molecule has 2 atom stereocenters. The lowest BCUT2D eigenvalue weighted by atomic mass is 9.97. The maximum atomic E-state index is 3.65. The van der Waals surface area contributed by atoms with Crippen LogP contribution in [0.3, 0.4) is 0 Å². The van der Waals surface area contributed by atoms with Crippen LogP contribution in [0, 0.1) is 0 Å². The van der Waals surface area contributed by atoms with Gasteiger partial charge in [-0.3, -0.25) is 0 Å². The topological polar surface area (TPSA) is 24.1 Å². The molecular weight excluding hydrogens is 220 g/mol. The van der Waals surface area contributed by atoms with E-state index in [1.807, 2.05) is 7.05 Å². The van der Waals surface area contributed by atoms with Crippen molar-refractivity contribution in [1.82, 2.24) is 10.6 Å². The normalized spacial score (nSPS) is 16.7. The second-order valence-electron chi connectivity index (χ2n) is 6.50. The minimum atomic E-state index is 0.203. The van der Waals surface area contributed by atoms with Crippen molar-refractivity contribution in [3.63, 3.8) is 0 Å². The van der Waals surface area contributed by atoms with Gasteiger partial charge in [-0.15, -0.1) is 0 Å². The lowest BCUT2D eigenvalue weighted by molar-refractivity contribution is 0.368. The highest BCUT2D eigenvalue weighted by atomic mass is 15.0. The van der Waals surface area contributed by atoms with Crippen molar-refractivity contribution in [2.45, 2.75) is 84.8 Å². The molecule has 2 unspecified atom stereocenters. The molecule has 0 fully saturated rings. The average molecular weight is 254 g/mol. The van der Waals surface area contributed by atoms with E-state index in [0.717, 1.165) is 6.42 Å². The maximum Gasteiger partial charge on any atom is 0.00991 e. The molecule has 0 saturated heterocycles. The van der Waals surface area contributed by atoms with Gasteiger partial charge >= 0.3 is 0 Å². The van der Waals surface area contributed by atoms with E-state index in [4.69, 9.17) is 0 Å². The molecule has 0 amide bonds. The fraction of sp³-hybridized carbons (Fsp3) is 0.875. The van der Waals surface area contributed by atoms with Crippen molar-refractivity contribution in [2.75, 3.05) is 7.05 Å². The van der Waals surface area contributed by atoms with Crippen molar-refractivity contribution in [3.8, 4) is 0 Å². The SMILES string of the molecule is CC/C=C(/CCC(C)NC)CC(C)NC(C)(C)C. The molecule has 0 bridgehead atoms. The molecule has 2 nitrogen and oxygen atoms in total. The standard InChI is InChI=1S/C16H34N2/c1-8-9-15(11-10-13(2)17-7)12-14(3)18-16(4,5)6/h9,13-14,17-18H,8,10-12H2,1-7H3/b15-9-. The first kappa shape index (κ1) is 17.7. The summed E-state index contributed by atoms with van der Waals surface area (Å²) in [6.45, 7) is 13.5. The van der Waals surface area contributed by atoms with Crippen molar-refractivity contribution in [2.24, 2.45) is 0 Å². The monoisotopic (exact) mass is 254 g/mol. The third-order valence-corrected chi connectivity index (χ3v) is 3.13. The summed E-state index contributed by atoms with van der Waals surface area (Å²) >= 11 is 0. The molecule has 0 aliphatic heterocycles. The molecule has 0 aromatic heterocycles. The van der Waals surface area contributed by atoms with E-state index in [-0.39, 0.29) is 5.54 Å². The molecule has 2 heteroatoms. The Bertz CT molecular complexity index is 238. The first-order valence-electron chi connectivity index (χ1n) is 7.41. The largest absolute Gasteiger partial charge is 0.317 e. The van der Waals surface area contributed by atoms with Gasteiger partial charge in [-0.1, -0.05) is 18.6 Å². The summed E-state index contributed by atoms with van der Waals surface area (Å²) in [5.74, 6) is 0. The fourth-order valence-electron chi connectivity index (χ4n) is 2.31. The molecule has 0 spiro atoms. The molecule has 0 rings (SSSR count). The van der Waals surface area contributed by atoms with Crippen LogP contribution in [-0.4, -0.2) is 24.7 Å². The van der Waals surface area contributed by atoms with E-state index in [2.05, 4.69) is 58.3 Å². The van der Waals surface area contributed by atoms with Gasteiger partial charge in [-0.2, -0.15) is 0 Å². The Labute approximate surface area is 115 Å². The summed E-state index contributed by atoms with van der Waals surface area (Å²) in [6, 6.07) is 1.16. The minimum absolute atomic E-state index is 0.203. The maximum absolute atomic E-state index is 3.65. The minimum Gasteiger partial charge on any atom is -0.317 e. The van der Waals surface area contributed by atoms with E-state index in [1.54, 1.807) is 5.57 Å². The smallest absolute Gasteiger partial charge is 0.00991 e. The molecule has 0 aromatic carbocycles. The summed E-state index contributed by atoms with van der Waals surface area (Å²) in [6.07, 6.45) is 7.16. The van der Waals surface area contributed by atoms with E-state index < -0.39 is 0 Å². The van der Waals surface area contributed by atoms with Crippen molar-refractivity contribution in [3.05, 3.63) is 11.6 Å². The third kappa shape index (κ3) is 9.67. The molecule has 0 radical (unpaired) electrons. The molecule has 0 aliphatic carbocycles. The molecule has 0 saturated carbocycles. The van der Waals surface area contributed by atoms with Crippen LogP contribution in [0.15, 0.2) is 11.6 Å². The Morgan fingerprint density at radius 2 is 1.78 bits per heavy atom. The highest BCUT2D eigenvalue weighted by Gasteiger charge is 2.14. The van der Waals surface area contributed by atoms with Crippen LogP contribution in [0.25, 0.3) is 0 Å². The van der Waals surface area contributed by atoms with E-state index >= 15 is 0 Å². The summed E-state index contributed by atoms with van der Waals surface area (Å²) in [5.41, 5.74) is 1.80. The summed E-state index contributed by atoms with van der Waals surface area (Å²) in [7, 11) is 2.04. The second kappa shape index (κ2) is 8.71. The Hall–Kier alpha value is -0.340. The quantitative estimate of drug-likeness (QED) is 0.642. The van der Waals surface area contributed by atoms with Gasteiger partial charge in [0.25, 0.3) is 0 Å². The van der Waals surface area contributed by atoms with Crippen LogP contribution in [0.1, 0.15) is 67.2 Å². The predicted molar refractivity (Wildman–Crippen MR) is 83.1 cm³/mol. The Morgan fingerprint density at radius 3 is 2.22 bits per heavy atom. The van der Waals surface area contributed by atoms with Crippen molar-refractivity contribution < 1.29 is 0 Å². The van der Waals surface area contributed by atoms with Crippen LogP contribution in [-0.2, 0) is 0 Å². The Balaban J connectivity index is 4.23. The zero-order valence-corrected chi connectivity index (χ0v) is 13.6. The first-order valence-corrected chi connectivity index (χ1v) is 7.41.